The first-order valence-electron chi connectivity index (χ1n) is 8.86. The Morgan fingerprint density at radius 1 is 1.06 bits per heavy atom. The molecule has 0 bridgehead atoms. The number of ether oxygens (including phenoxy) is 3. The maximum atomic E-state index is 13.7. The van der Waals surface area contributed by atoms with Crippen LogP contribution < -0.4 is 19.8 Å². The highest BCUT2D eigenvalue weighted by Crippen LogP contribution is 2.42. The van der Waals surface area contributed by atoms with E-state index in [1.165, 1.54) is 27.4 Å². The van der Waals surface area contributed by atoms with Crippen LogP contribution in [0.15, 0.2) is 40.5 Å². The number of hydrogen-bond donors (Lipinski definition) is 1. The lowest BCUT2D eigenvalue weighted by atomic mass is 10.1. The van der Waals surface area contributed by atoms with Crippen molar-refractivity contribution in [2.24, 2.45) is 0 Å². The summed E-state index contributed by atoms with van der Waals surface area (Å²) in [6, 6.07) is 7.52. The Bertz CT molecular complexity index is 1280. The fraction of sp³-hybridized carbons (Fsp3) is 0.200. The molecule has 0 saturated heterocycles. The van der Waals surface area contributed by atoms with Crippen molar-refractivity contribution < 1.29 is 27.4 Å². The van der Waals surface area contributed by atoms with E-state index in [0.29, 0.717) is 27.7 Å². The van der Waals surface area contributed by atoms with Crippen molar-refractivity contribution in [2.75, 3.05) is 21.3 Å². The number of H-pyrrole nitrogens is 1. The largest absolute Gasteiger partial charge is 0.493 e. The van der Waals surface area contributed by atoms with Gasteiger partial charge in [-0.2, -0.15) is 22.8 Å². The standard InChI is InChI=1S/C20H16F3N3O4S/c1-28-12-7-10(8-13(29-2)17(12)30-3)11-9-15(27)26-19(24-11)16(14-5-4-6-31-14)18(25-26)20(21,22)23/h4-9,24H,1-3H3. The predicted molar refractivity (Wildman–Crippen MR) is 109 cm³/mol. The Labute approximate surface area is 177 Å². The number of thiophene rings is 1. The number of halogens is 3. The van der Waals surface area contributed by atoms with Gasteiger partial charge in [-0.15, -0.1) is 11.3 Å². The van der Waals surface area contributed by atoms with E-state index in [1.54, 1.807) is 29.6 Å². The van der Waals surface area contributed by atoms with Gasteiger partial charge >= 0.3 is 6.18 Å². The molecule has 3 heterocycles. The molecule has 7 nitrogen and oxygen atoms in total. The molecular formula is C20H16F3N3O4S. The summed E-state index contributed by atoms with van der Waals surface area (Å²) in [5.74, 6) is 1.02. The third-order valence-corrected chi connectivity index (χ3v) is 5.51. The molecule has 3 aromatic heterocycles. The summed E-state index contributed by atoms with van der Waals surface area (Å²) in [7, 11) is 4.33. The van der Waals surface area contributed by atoms with Crippen LogP contribution in [-0.4, -0.2) is 35.9 Å². The minimum absolute atomic E-state index is 0.0639. The average molecular weight is 451 g/mol. The third-order valence-electron chi connectivity index (χ3n) is 4.63. The number of nitrogens with one attached hydrogen (secondary N) is 1. The van der Waals surface area contributed by atoms with Crippen molar-refractivity contribution >= 4 is 17.0 Å². The van der Waals surface area contributed by atoms with Gasteiger partial charge in [0.15, 0.2) is 17.2 Å². The van der Waals surface area contributed by atoms with Crippen LogP contribution in [0, 0.1) is 0 Å². The van der Waals surface area contributed by atoms with Crippen LogP contribution in [0.3, 0.4) is 0 Å². The van der Waals surface area contributed by atoms with Gasteiger partial charge in [0.25, 0.3) is 5.56 Å². The highest BCUT2D eigenvalue weighted by Gasteiger charge is 2.39. The van der Waals surface area contributed by atoms with Gasteiger partial charge in [0, 0.05) is 16.5 Å². The molecule has 0 aliphatic heterocycles. The van der Waals surface area contributed by atoms with Gasteiger partial charge in [-0.3, -0.25) is 4.79 Å². The number of fused-ring (bicyclic) bond motifs is 1. The molecule has 11 heteroatoms. The topological polar surface area (TPSA) is 77.9 Å². The van der Waals surface area contributed by atoms with Crippen LogP contribution in [0.2, 0.25) is 0 Å². The number of alkyl halides is 3. The number of aromatic amines is 1. The van der Waals surface area contributed by atoms with E-state index in [9.17, 15) is 18.0 Å². The highest BCUT2D eigenvalue weighted by atomic mass is 32.1. The van der Waals surface area contributed by atoms with Gasteiger partial charge < -0.3 is 19.2 Å². The van der Waals surface area contributed by atoms with E-state index in [-0.39, 0.29) is 16.9 Å². The summed E-state index contributed by atoms with van der Waals surface area (Å²) >= 11 is 1.12. The van der Waals surface area contributed by atoms with Crippen LogP contribution in [0.25, 0.3) is 27.3 Å². The second-order valence-electron chi connectivity index (χ2n) is 6.39. The van der Waals surface area contributed by atoms with Gasteiger partial charge in [-0.25, -0.2) is 0 Å². The second kappa shape index (κ2) is 7.65. The zero-order valence-corrected chi connectivity index (χ0v) is 17.4. The molecule has 1 aromatic carbocycles. The Morgan fingerprint density at radius 3 is 2.26 bits per heavy atom. The van der Waals surface area contributed by atoms with Gasteiger partial charge in [0.1, 0.15) is 5.65 Å². The first-order valence-corrected chi connectivity index (χ1v) is 9.74. The van der Waals surface area contributed by atoms with E-state index in [2.05, 4.69) is 10.1 Å². The number of benzene rings is 1. The van der Waals surface area contributed by atoms with E-state index in [4.69, 9.17) is 14.2 Å². The van der Waals surface area contributed by atoms with Crippen molar-refractivity contribution in [1.82, 2.24) is 14.6 Å². The number of hydrogen-bond acceptors (Lipinski definition) is 6. The molecular weight excluding hydrogens is 435 g/mol. The smallest absolute Gasteiger partial charge is 0.435 e. The Balaban J connectivity index is 2.03. The number of rotatable bonds is 5. The van der Waals surface area contributed by atoms with Crippen molar-refractivity contribution in [2.45, 2.75) is 6.18 Å². The van der Waals surface area contributed by atoms with Crippen LogP contribution in [0.4, 0.5) is 13.2 Å². The Morgan fingerprint density at radius 2 is 1.74 bits per heavy atom. The summed E-state index contributed by atoms with van der Waals surface area (Å²) in [6.45, 7) is 0. The zero-order valence-electron chi connectivity index (χ0n) is 16.5. The first-order chi connectivity index (χ1) is 14.8. The van der Waals surface area contributed by atoms with Gasteiger partial charge in [0.2, 0.25) is 5.75 Å². The maximum Gasteiger partial charge on any atom is 0.435 e. The van der Waals surface area contributed by atoms with Crippen molar-refractivity contribution in [3.8, 4) is 38.9 Å². The first kappa shape index (κ1) is 20.8. The van der Waals surface area contributed by atoms with Crippen LogP contribution in [0.5, 0.6) is 17.2 Å². The van der Waals surface area contributed by atoms with E-state index in [1.807, 2.05) is 0 Å². The summed E-state index contributed by atoms with van der Waals surface area (Å²) in [5.41, 5.74) is -1.37. The van der Waals surface area contributed by atoms with Crippen LogP contribution in [0.1, 0.15) is 5.69 Å². The monoisotopic (exact) mass is 451 g/mol. The van der Waals surface area contributed by atoms with E-state index < -0.39 is 17.4 Å². The molecule has 31 heavy (non-hydrogen) atoms. The fourth-order valence-corrected chi connectivity index (χ4v) is 4.06. The molecule has 0 radical (unpaired) electrons. The molecule has 162 valence electrons. The molecule has 0 atom stereocenters. The molecule has 0 aliphatic rings. The van der Waals surface area contributed by atoms with Crippen molar-refractivity contribution in [1.29, 1.82) is 0 Å². The molecule has 0 saturated carbocycles. The third kappa shape index (κ3) is 3.50. The summed E-state index contributed by atoms with van der Waals surface area (Å²) in [5, 5.41) is 5.21. The number of methoxy groups -OCH3 is 3. The molecule has 0 unspecified atom stereocenters. The SMILES string of the molecule is COc1cc(-c2cc(=O)n3nc(C(F)(F)F)c(-c4cccs4)c3[nH]2)cc(OC)c1OC. The number of nitrogens with zero attached hydrogens (tertiary/aromatic N) is 2. The van der Waals surface area contributed by atoms with Crippen molar-refractivity contribution in [3.05, 3.63) is 51.8 Å². The van der Waals surface area contributed by atoms with E-state index in [0.717, 1.165) is 15.9 Å². The van der Waals surface area contributed by atoms with Gasteiger partial charge in [0.05, 0.1) is 32.6 Å². The predicted octanol–water partition coefficient (Wildman–Crippen LogP) is 4.46. The molecule has 0 spiro atoms. The molecule has 4 aromatic rings. The maximum absolute atomic E-state index is 13.7. The van der Waals surface area contributed by atoms with Gasteiger partial charge in [-0.1, -0.05) is 6.07 Å². The molecule has 0 fully saturated rings. The zero-order chi connectivity index (χ0) is 22.3. The molecule has 1 N–H and O–H groups in total. The quantitative estimate of drug-likeness (QED) is 0.485. The number of aromatic nitrogens is 3. The molecule has 0 aliphatic carbocycles. The summed E-state index contributed by atoms with van der Waals surface area (Å²) < 4.78 is 57.7. The molecule has 0 amide bonds. The minimum atomic E-state index is -4.74. The average Bonchev–Trinajstić information content (AvgIpc) is 3.39. The Hall–Kier alpha value is -3.47. The van der Waals surface area contributed by atoms with Gasteiger partial charge in [-0.05, 0) is 23.6 Å². The lowest BCUT2D eigenvalue weighted by molar-refractivity contribution is -0.140. The lowest BCUT2D eigenvalue weighted by Gasteiger charge is -2.14. The lowest BCUT2D eigenvalue weighted by Crippen LogP contribution is -2.15. The highest BCUT2D eigenvalue weighted by molar-refractivity contribution is 7.13. The van der Waals surface area contributed by atoms with Crippen molar-refractivity contribution in [3.63, 3.8) is 0 Å². The Kier molecular flexibility index (Phi) is 5.13. The van der Waals surface area contributed by atoms with Crippen LogP contribution in [-0.2, 0) is 6.18 Å². The summed E-state index contributed by atoms with van der Waals surface area (Å²) in [6.07, 6.45) is -4.74. The normalized spacial score (nSPS) is 11.7. The second-order valence-corrected chi connectivity index (χ2v) is 7.34. The van der Waals surface area contributed by atoms with E-state index >= 15 is 0 Å². The van der Waals surface area contributed by atoms with Crippen LogP contribution >= 0.6 is 11.3 Å². The molecule has 4 rings (SSSR count). The summed E-state index contributed by atoms with van der Waals surface area (Å²) in [4.78, 5) is 16.0. The fourth-order valence-electron chi connectivity index (χ4n) is 3.29. The minimum Gasteiger partial charge on any atom is -0.493 e.